The molecule has 104 valence electrons. The van der Waals surface area contributed by atoms with E-state index < -0.39 is 6.04 Å². The molecule has 0 saturated heterocycles. The van der Waals surface area contributed by atoms with Gasteiger partial charge in [-0.15, -0.1) is 0 Å². The molecule has 0 aromatic heterocycles. The summed E-state index contributed by atoms with van der Waals surface area (Å²) in [4.78, 5) is 23.3. The third kappa shape index (κ3) is 4.56. The van der Waals surface area contributed by atoms with Crippen molar-refractivity contribution in [2.24, 2.45) is 5.92 Å². The van der Waals surface area contributed by atoms with E-state index in [1.54, 1.807) is 18.2 Å². The van der Waals surface area contributed by atoms with Gasteiger partial charge in [0.2, 0.25) is 11.8 Å². The van der Waals surface area contributed by atoms with Gasteiger partial charge in [0.05, 0.1) is 0 Å². The summed E-state index contributed by atoms with van der Waals surface area (Å²) >= 11 is 5.87. The molecule has 5 heteroatoms. The molecule has 1 aromatic carbocycles. The number of rotatable bonds is 4. The minimum atomic E-state index is -0.549. The molecule has 1 aromatic rings. The summed E-state index contributed by atoms with van der Waals surface area (Å²) in [5, 5.41) is 6.09. The number of carbonyl (C=O) groups is 2. The molecule has 0 saturated carbocycles. The average molecular weight is 283 g/mol. The molecule has 4 nitrogen and oxygen atoms in total. The lowest BCUT2D eigenvalue weighted by Crippen LogP contribution is -2.46. The van der Waals surface area contributed by atoms with Crippen molar-refractivity contribution in [1.29, 1.82) is 0 Å². The van der Waals surface area contributed by atoms with Gasteiger partial charge in [-0.3, -0.25) is 9.59 Å². The van der Waals surface area contributed by atoms with E-state index in [1.165, 1.54) is 6.92 Å². The lowest BCUT2D eigenvalue weighted by Gasteiger charge is -2.21. The largest absolute Gasteiger partial charge is 0.344 e. The molecule has 1 atom stereocenters. The molecule has 0 fully saturated rings. The molecule has 0 aliphatic rings. The van der Waals surface area contributed by atoms with Crippen LogP contribution in [0.2, 0.25) is 5.02 Å². The predicted octanol–water partition coefficient (Wildman–Crippen LogP) is 2.75. The Morgan fingerprint density at radius 2 is 1.89 bits per heavy atom. The Morgan fingerprint density at radius 1 is 1.26 bits per heavy atom. The quantitative estimate of drug-likeness (QED) is 0.892. The predicted molar refractivity (Wildman–Crippen MR) is 77.3 cm³/mol. The summed E-state index contributed by atoms with van der Waals surface area (Å²) in [6.45, 7) is 7.03. The van der Waals surface area contributed by atoms with Crippen LogP contribution in [0.15, 0.2) is 18.2 Å². The van der Waals surface area contributed by atoms with Crippen molar-refractivity contribution in [2.45, 2.75) is 33.7 Å². The van der Waals surface area contributed by atoms with Crippen LogP contribution in [-0.2, 0) is 9.59 Å². The third-order valence-electron chi connectivity index (χ3n) is 2.75. The van der Waals surface area contributed by atoms with Gasteiger partial charge in [-0.1, -0.05) is 25.4 Å². The Balaban J connectivity index is 2.84. The van der Waals surface area contributed by atoms with Crippen LogP contribution in [0.5, 0.6) is 0 Å². The van der Waals surface area contributed by atoms with E-state index in [4.69, 9.17) is 11.6 Å². The second kappa shape index (κ2) is 6.57. The highest BCUT2D eigenvalue weighted by molar-refractivity contribution is 6.30. The Kier molecular flexibility index (Phi) is 5.36. The molecule has 0 aliphatic carbocycles. The highest BCUT2D eigenvalue weighted by Crippen LogP contribution is 2.20. The molecular formula is C14H19ClN2O2. The summed E-state index contributed by atoms with van der Waals surface area (Å²) in [6.07, 6.45) is 0. The van der Waals surface area contributed by atoms with Crippen molar-refractivity contribution in [3.8, 4) is 0 Å². The number of carbonyl (C=O) groups excluding carboxylic acids is 2. The Hall–Kier alpha value is -1.55. The number of hydrogen-bond acceptors (Lipinski definition) is 2. The van der Waals surface area contributed by atoms with Crippen molar-refractivity contribution < 1.29 is 9.59 Å². The van der Waals surface area contributed by atoms with E-state index in [0.717, 1.165) is 5.56 Å². The fraction of sp³-hybridized carbons (Fsp3) is 0.429. The van der Waals surface area contributed by atoms with Crippen LogP contribution >= 0.6 is 11.6 Å². The van der Waals surface area contributed by atoms with Gasteiger partial charge in [-0.25, -0.2) is 0 Å². The average Bonchev–Trinajstić information content (AvgIpc) is 2.29. The number of amides is 2. The molecule has 2 amide bonds. The maximum atomic E-state index is 12.2. The van der Waals surface area contributed by atoms with Crippen LogP contribution in [0.25, 0.3) is 0 Å². The monoisotopic (exact) mass is 282 g/mol. The van der Waals surface area contributed by atoms with Gasteiger partial charge in [-0.2, -0.15) is 0 Å². The first-order chi connectivity index (χ1) is 8.81. The molecule has 19 heavy (non-hydrogen) atoms. The van der Waals surface area contributed by atoms with Crippen LogP contribution in [0.3, 0.4) is 0 Å². The minimum Gasteiger partial charge on any atom is -0.344 e. The topological polar surface area (TPSA) is 58.2 Å². The van der Waals surface area contributed by atoms with Crippen LogP contribution in [0, 0.1) is 12.8 Å². The van der Waals surface area contributed by atoms with E-state index in [1.807, 2.05) is 20.8 Å². The lowest BCUT2D eigenvalue weighted by atomic mass is 10.0. The van der Waals surface area contributed by atoms with Gasteiger partial charge in [0, 0.05) is 17.6 Å². The fourth-order valence-corrected chi connectivity index (χ4v) is 1.96. The first-order valence-corrected chi connectivity index (χ1v) is 6.53. The number of anilines is 1. The van der Waals surface area contributed by atoms with Gasteiger partial charge >= 0.3 is 0 Å². The summed E-state index contributed by atoms with van der Waals surface area (Å²) in [5.41, 5.74) is 1.58. The normalized spacial score (nSPS) is 12.1. The van der Waals surface area contributed by atoms with Gasteiger partial charge in [-0.05, 0) is 36.6 Å². The van der Waals surface area contributed by atoms with E-state index in [-0.39, 0.29) is 17.7 Å². The smallest absolute Gasteiger partial charge is 0.247 e. The lowest BCUT2D eigenvalue weighted by molar-refractivity contribution is -0.126. The maximum absolute atomic E-state index is 12.2. The molecule has 0 bridgehead atoms. The number of aryl methyl sites for hydroxylation is 1. The molecule has 1 rings (SSSR count). The number of nitrogens with one attached hydrogen (secondary N) is 2. The zero-order chi connectivity index (χ0) is 14.6. The molecule has 2 N–H and O–H groups in total. The van der Waals surface area contributed by atoms with Crippen LogP contribution in [0.4, 0.5) is 5.69 Å². The zero-order valence-corrected chi connectivity index (χ0v) is 12.3. The molecule has 0 aliphatic heterocycles. The first kappa shape index (κ1) is 15.5. The summed E-state index contributed by atoms with van der Waals surface area (Å²) in [7, 11) is 0. The van der Waals surface area contributed by atoms with Gasteiger partial charge in [0.1, 0.15) is 6.04 Å². The van der Waals surface area contributed by atoms with Gasteiger partial charge in [0.15, 0.2) is 0 Å². The first-order valence-electron chi connectivity index (χ1n) is 6.15. The Morgan fingerprint density at radius 3 is 2.37 bits per heavy atom. The fourth-order valence-electron chi connectivity index (χ4n) is 1.73. The second-order valence-corrected chi connectivity index (χ2v) is 5.31. The van der Waals surface area contributed by atoms with E-state index in [0.29, 0.717) is 10.7 Å². The number of hydrogen-bond donors (Lipinski definition) is 2. The SMILES string of the molecule is CC(=O)N[C@@H](C(=O)Nc1ccc(Cl)cc1C)C(C)C. The molecular weight excluding hydrogens is 264 g/mol. The second-order valence-electron chi connectivity index (χ2n) is 4.87. The maximum Gasteiger partial charge on any atom is 0.247 e. The zero-order valence-electron chi connectivity index (χ0n) is 11.6. The van der Waals surface area contributed by atoms with Crippen LogP contribution < -0.4 is 10.6 Å². The van der Waals surface area contributed by atoms with Crippen molar-refractivity contribution in [3.05, 3.63) is 28.8 Å². The number of benzene rings is 1. The van der Waals surface area contributed by atoms with E-state index in [9.17, 15) is 9.59 Å². The Bertz CT molecular complexity index is 486. The summed E-state index contributed by atoms with van der Waals surface area (Å²) < 4.78 is 0. The molecule has 0 spiro atoms. The van der Waals surface area contributed by atoms with E-state index in [2.05, 4.69) is 10.6 Å². The molecule has 0 unspecified atom stereocenters. The van der Waals surface area contributed by atoms with Crippen molar-refractivity contribution in [2.75, 3.05) is 5.32 Å². The van der Waals surface area contributed by atoms with Crippen molar-refractivity contribution >= 4 is 29.1 Å². The molecule has 0 heterocycles. The molecule has 0 radical (unpaired) electrons. The van der Waals surface area contributed by atoms with Crippen molar-refractivity contribution in [3.63, 3.8) is 0 Å². The van der Waals surface area contributed by atoms with Crippen LogP contribution in [-0.4, -0.2) is 17.9 Å². The van der Waals surface area contributed by atoms with E-state index >= 15 is 0 Å². The highest BCUT2D eigenvalue weighted by Gasteiger charge is 2.23. The highest BCUT2D eigenvalue weighted by atomic mass is 35.5. The summed E-state index contributed by atoms with van der Waals surface area (Å²) in [6, 6.07) is 4.70. The van der Waals surface area contributed by atoms with Gasteiger partial charge < -0.3 is 10.6 Å². The van der Waals surface area contributed by atoms with Gasteiger partial charge in [0.25, 0.3) is 0 Å². The minimum absolute atomic E-state index is 0.0107. The van der Waals surface area contributed by atoms with Crippen LogP contribution in [0.1, 0.15) is 26.3 Å². The standard InChI is InChI=1S/C14H19ClN2O2/c1-8(2)13(16-10(4)18)14(19)17-12-6-5-11(15)7-9(12)3/h5-8,13H,1-4H3,(H,16,18)(H,17,19)/t13-/m1/s1. The number of halogens is 1. The third-order valence-corrected chi connectivity index (χ3v) is 2.99. The van der Waals surface area contributed by atoms with Crippen molar-refractivity contribution in [1.82, 2.24) is 5.32 Å². The Labute approximate surface area is 118 Å². The summed E-state index contributed by atoms with van der Waals surface area (Å²) in [5.74, 6) is -0.436.